The molecule has 0 heterocycles. The van der Waals surface area contributed by atoms with E-state index in [1.165, 1.54) is 0 Å². The summed E-state index contributed by atoms with van der Waals surface area (Å²) >= 11 is 0. The van der Waals surface area contributed by atoms with Gasteiger partial charge in [0.2, 0.25) is 10.0 Å². The van der Waals surface area contributed by atoms with Gasteiger partial charge in [-0.25, -0.2) is 8.42 Å². The lowest BCUT2D eigenvalue weighted by Crippen LogP contribution is -2.35. The zero-order chi connectivity index (χ0) is 21.7. The Bertz CT molecular complexity index is 719. The Morgan fingerprint density at radius 3 is 2.38 bits per heavy atom. The summed E-state index contributed by atoms with van der Waals surface area (Å²) in [6.45, 7) is 7.85. The number of nitrogens with zero attached hydrogens (tertiary/aromatic N) is 2. The quantitative estimate of drug-likeness (QED) is 0.244. The molecule has 0 spiro atoms. The molecule has 0 saturated heterocycles. The van der Waals surface area contributed by atoms with Crippen molar-refractivity contribution in [3.8, 4) is 5.75 Å². The summed E-state index contributed by atoms with van der Waals surface area (Å²) in [6.07, 6.45) is 7.34. The van der Waals surface area contributed by atoms with Gasteiger partial charge in [0, 0.05) is 6.54 Å². The van der Waals surface area contributed by atoms with Crippen molar-refractivity contribution in [3.05, 3.63) is 36.9 Å². The highest BCUT2D eigenvalue weighted by molar-refractivity contribution is 7.92. The van der Waals surface area contributed by atoms with Gasteiger partial charge in [-0.1, -0.05) is 18.9 Å². The van der Waals surface area contributed by atoms with Crippen LogP contribution in [0.4, 0.5) is 5.69 Å². The van der Waals surface area contributed by atoms with E-state index in [1.807, 2.05) is 6.08 Å². The third-order valence-corrected chi connectivity index (χ3v) is 5.39. The van der Waals surface area contributed by atoms with E-state index in [0.717, 1.165) is 49.3 Å². The molecule has 1 aromatic carbocycles. The first-order valence-electron chi connectivity index (χ1n) is 9.93. The molecule has 0 fully saturated rings. The van der Waals surface area contributed by atoms with Crippen LogP contribution >= 0.6 is 0 Å². The van der Waals surface area contributed by atoms with Crippen LogP contribution in [0.2, 0.25) is 0 Å². The monoisotopic (exact) mass is 426 g/mol. The Hall–Kier alpha value is -2.06. The molecule has 0 atom stereocenters. The van der Waals surface area contributed by atoms with Crippen molar-refractivity contribution in [1.82, 2.24) is 4.90 Å². The fourth-order valence-corrected chi connectivity index (χ4v) is 3.62. The van der Waals surface area contributed by atoms with E-state index in [4.69, 9.17) is 9.47 Å². The number of hydrogen-bond donors (Lipinski definition) is 0. The zero-order valence-corrected chi connectivity index (χ0v) is 18.6. The van der Waals surface area contributed by atoms with Gasteiger partial charge in [-0.05, 0) is 57.6 Å². The minimum Gasteiger partial charge on any atom is -0.494 e. The number of benzene rings is 1. The number of hydrogen-bond acceptors (Lipinski definition) is 6. The number of carbonyl (C=O) groups is 1. The van der Waals surface area contributed by atoms with Gasteiger partial charge in [0.05, 0.1) is 25.2 Å². The maximum absolute atomic E-state index is 12.0. The van der Waals surface area contributed by atoms with E-state index >= 15 is 0 Å². The molecule has 7 nitrogen and oxygen atoms in total. The summed E-state index contributed by atoms with van der Waals surface area (Å²) in [7, 11) is -1.51. The van der Waals surface area contributed by atoms with Crippen LogP contribution in [0.25, 0.3) is 0 Å². The average molecular weight is 427 g/mol. The normalized spacial score (nSPS) is 11.3. The third kappa shape index (κ3) is 10.3. The van der Waals surface area contributed by atoms with E-state index in [2.05, 4.69) is 18.5 Å². The van der Waals surface area contributed by atoms with Crippen molar-refractivity contribution in [2.45, 2.75) is 32.6 Å². The summed E-state index contributed by atoms with van der Waals surface area (Å²) < 4.78 is 35.6. The van der Waals surface area contributed by atoms with Gasteiger partial charge in [-0.3, -0.25) is 9.10 Å². The predicted octanol–water partition coefficient (Wildman–Crippen LogP) is 3.07. The third-order valence-electron chi connectivity index (χ3n) is 4.25. The first-order chi connectivity index (χ1) is 13.8. The van der Waals surface area contributed by atoms with Crippen molar-refractivity contribution in [2.24, 2.45) is 0 Å². The molecule has 0 aliphatic heterocycles. The van der Waals surface area contributed by atoms with Crippen molar-refractivity contribution < 1.29 is 22.7 Å². The molecule has 0 aliphatic rings. The van der Waals surface area contributed by atoms with Crippen LogP contribution < -0.4 is 9.04 Å². The fraction of sp³-hybridized carbons (Fsp3) is 0.571. The van der Waals surface area contributed by atoms with E-state index < -0.39 is 16.0 Å². The smallest absolute Gasteiger partial charge is 0.326 e. The molecule has 1 aromatic rings. The predicted molar refractivity (Wildman–Crippen MR) is 117 cm³/mol. The molecule has 29 heavy (non-hydrogen) atoms. The molecule has 0 aromatic heterocycles. The molecule has 0 radical (unpaired) electrons. The van der Waals surface area contributed by atoms with E-state index in [1.54, 1.807) is 31.2 Å². The second kappa shape index (κ2) is 13.2. The lowest BCUT2D eigenvalue weighted by atomic mass is 10.2. The SMILES string of the molecule is C=CCN(C)CCCCCCOc1ccc(N(CC(=O)OCC)S(C)(=O)=O)cc1. The maximum Gasteiger partial charge on any atom is 0.326 e. The first-order valence-corrected chi connectivity index (χ1v) is 11.8. The molecule has 0 bridgehead atoms. The van der Waals surface area contributed by atoms with Gasteiger partial charge >= 0.3 is 5.97 Å². The Labute approximate surface area is 175 Å². The first kappa shape index (κ1) is 25.0. The molecule has 0 N–H and O–H groups in total. The van der Waals surface area contributed by atoms with Gasteiger partial charge in [0.25, 0.3) is 0 Å². The summed E-state index contributed by atoms with van der Waals surface area (Å²) in [5.74, 6) is 0.0815. The summed E-state index contributed by atoms with van der Waals surface area (Å²) in [5, 5.41) is 0. The minimum absolute atomic E-state index is 0.203. The lowest BCUT2D eigenvalue weighted by Gasteiger charge is -2.21. The summed E-state index contributed by atoms with van der Waals surface area (Å²) in [6, 6.07) is 6.68. The van der Waals surface area contributed by atoms with Crippen LogP contribution in [-0.2, 0) is 19.6 Å². The molecule has 0 aliphatic carbocycles. The van der Waals surface area contributed by atoms with Crippen molar-refractivity contribution in [3.63, 3.8) is 0 Å². The van der Waals surface area contributed by atoms with Gasteiger partial charge in [-0.2, -0.15) is 0 Å². The number of anilines is 1. The average Bonchev–Trinajstić information content (AvgIpc) is 2.65. The van der Waals surface area contributed by atoms with E-state index in [-0.39, 0.29) is 13.2 Å². The number of ether oxygens (including phenoxy) is 2. The number of unbranched alkanes of at least 4 members (excludes halogenated alkanes) is 3. The topological polar surface area (TPSA) is 76.2 Å². The highest BCUT2D eigenvalue weighted by Gasteiger charge is 2.21. The Morgan fingerprint density at radius 2 is 1.79 bits per heavy atom. The molecular formula is C21H34N2O5S. The number of carbonyl (C=O) groups excluding carboxylic acids is 1. The van der Waals surface area contributed by atoms with Crippen LogP contribution in [0.3, 0.4) is 0 Å². The number of sulfonamides is 1. The standard InChI is InChI=1S/C21H34N2O5S/c1-5-15-22(3)16-9-7-8-10-17-28-20-13-11-19(12-14-20)23(29(4,25)26)18-21(24)27-6-2/h5,11-14H,1,6-10,15-18H2,2-4H3. The van der Waals surface area contributed by atoms with Crippen LogP contribution in [0.1, 0.15) is 32.6 Å². The van der Waals surface area contributed by atoms with Crippen LogP contribution in [-0.4, -0.2) is 65.4 Å². The van der Waals surface area contributed by atoms with Crippen molar-refractivity contribution in [1.29, 1.82) is 0 Å². The van der Waals surface area contributed by atoms with Crippen molar-refractivity contribution >= 4 is 21.7 Å². The van der Waals surface area contributed by atoms with Crippen LogP contribution in [0.5, 0.6) is 5.75 Å². The van der Waals surface area contributed by atoms with Crippen LogP contribution in [0.15, 0.2) is 36.9 Å². The van der Waals surface area contributed by atoms with E-state index in [9.17, 15) is 13.2 Å². The highest BCUT2D eigenvalue weighted by atomic mass is 32.2. The lowest BCUT2D eigenvalue weighted by molar-refractivity contribution is -0.141. The Morgan fingerprint density at radius 1 is 1.14 bits per heavy atom. The molecular weight excluding hydrogens is 392 g/mol. The van der Waals surface area contributed by atoms with E-state index in [0.29, 0.717) is 18.0 Å². The zero-order valence-electron chi connectivity index (χ0n) is 17.8. The molecule has 0 amide bonds. The number of rotatable bonds is 15. The molecule has 164 valence electrons. The summed E-state index contributed by atoms with van der Waals surface area (Å²) in [5.41, 5.74) is 0.400. The van der Waals surface area contributed by atoms with Crippen molar-refractivity contribution in [2.75, 3.05) is 50.5 Å². The van der Waals surface area contributed by atoms with Gasteiger partial charge < -0.3 is 14.4 Å². The second-order valence-corrected chi connectivity index (χ2v) is 8.79. The maximum atomic E-state index is 12.0. The Kier molecular flexibility index (Phi) is 11.4. The highest BCUT2D eigenvalue weighted by Crippen LogP contribution is 2.22. The van der Waals surface area contributed by atoms with Gasteiger partial charge in [0.1, 0.15) is 12.3 Å². The van der Waals surface area contributed by atoms with Crippen LogP contribution in [0, 0.1) is 0 Å². The van der Waals surface area contributed by atoms with Gasteiger partial charge in [-0.15, -0.1) is 6.58 Å². The minimum atomic E-state index is -3.60. The number of esters is 1. The largest absolute Gasteiger partial charge is 0.494 e. The van der Waals surface area contributed by atoms with Gasteiger partial charge in [0.15, 0.2) is 0 Å². The molecule has 1 rings (SSSR count). The molecule has 0 saturated carbocycles. The fourth-order valence-electron chi connectivity index (χ4n) is 2.77. The second-order valence-electron chi connectivity index (χ2n) is 6.88. The summed E-state index contributed by atoms with van der Waals surface area (Å²) in [4.78, 5) is 13.9. The Balaban J connectivity index is 2.43. The number of likely N-dealkylation sites (N-methyl/N-ethyl adjacent to an activating group) is 1. The molecule has 0 unspecified atom stereocenters. The molecule has 8 heteroatoms.